The standard InChI is InChI=1S/C12H9BrN4O/c1-7-2-3-8(5-14)4-9(7)18-12-10(13)11(15)16-6-17-12/h2-4,6H,1H3,(H2,15,16,17). The highest BCUT2D eigenvalue weighted by Gasteiger charge is 2.10. The van der Waals surface area contributed by atoms with Crippen molar-refractivity contribution in [2.45, 2.75) is 6.92 Å². The van der Waals surface area contributed by atoms with Crippen molar-refractivity contribution in [3.8, 4) is 17.7 Å². The van der Waals surface area contributed by atoms with Crippen LogP contribution in [0.5, 0.6) is 11.6 Å². The average molecular weight is 305 g/mol. The maximum absolute atomic E-state index is 8.86. The summed E-state index contributed by atoms with van der Waals surface area (Å²) in [5.74, 6) is 1.18. The van der Waals surface area contributed by atoms with Crippen molar-refractivity contribution in [2.24, 2.45) is 0 Å². The first-order valence-electron chi connectivity index (χ1n) is 5.06. The summed E-state index contributed by atoms with van der Waals surface area (Å²) in [6.45, 7) is 1.88. The van der Waals surface area contributed by atoms with E-state index in [1.807, 2.05) is 13.0 Å². The minimum atomic E-state index is 0.300. The van der Waals surface area contributed by atoms with Crippen LogP contribution < -0.4 is 10.5 Å². The molecule has 18 heavy (non-hydrogen) atoms. The first-order valence-corrected chi connectivity index (χ1v) is 5.85. The van der Waals surface area contributed by atoms with Crippen molar-refractivity contribution in [3.05, 3.63) is 40.1 Å². The summed E-state index contributed by atoms with van der Waals surface area (Å²) in [6, 6.07) is 7.25. The maximum atomic E-state index is 8.86. The zero-order valence-electron chi connectivity index (χ0n) is 9.51. The molecule has 0 amide bonds. The molecule has 0 unspecified atom stereocenters. The minimum Gasteiger partial charge on any atom is -0.437 e. The van der Waals surface area contributed by atoms with E-state index in [1.54, 1.807) is 12.1 Å². The number of ether oxygens (including phenoxy) is 1. The number of nitriles is 1. The molecule has 1 heterocycles. The van der Waals surface area contributed by atoms with Crippen molar-refractivity contribution >= 4 is 21.7 Å². The molecule has 0 fully saturated rings. The van der Waals surface area contributed by atoms with Crippen molar-refractivity contribution in [3.63, 3.8) is 0 Å². The number of benzene rings is 1. The van der Waals surface area contributed by atoms with Gasteiger partial charge in [-0.15, -0.1) is 0 Å². The Hall–Kier alpha value is -2.13. The van der Waals surface area contributed by atoms with Gasteiger partial charge in [0.15, 0.2) is 0 Å². The summed E-state index contributed by atoms with van der Waals surface area (Å²) in [6.07, 6.45) is 1.32. The van der Waals surface area contributed by atoms with Crippen LogP contribution in [0.1, 0.15) is 11.1 Å². The molecule has 5 nitrogen and oxygen atoms in total. The monoisotopic (exact) mass is 304 g/mol. The molecule has 0 radical (unpaired) electrons. The Balaban J connectivity index is 2.40. The number of nitrogen functional groups attached to an aromatic ring is 1. The van der Waals surface area contributed by atoms with Gasteiger partial charge in [-0.3, -0.25) is 0 Å². The van der Waals surface area contributed by atoms with Crippen LogP contribution in [0.4, 0.5) is 5.82 Å². The van der Waals surface area contributed by atoms with Gasteiger partial charge in [0.1, 0.15) is 22.4 Å². The zero-order valence-corrected chi connectivity index (χ0v) is 11.1. The largest absolute Gasteiger partial charge is 0.437 e. The third-order valence-electron chi connectivity index (χ3n) is 2.31. The van der Waals surface area contributed by atoms with E-state index in [2.05, 4.69) is 32.0 Å². The molecule has 0 aliphatic carbocycles. The molecule has 1 aromatic heterocycles. The number of rotatable bonds is 2. The average Bonchev–Trinajstić information content (AvgIpc) is 2.37. The van der Waals surface area contributed by atoms with Gasteiger partial charge in [-0.05, 0) is 40.5 Å². The normalized spacial score (nSPS) is 9.83. The van der Waals surface area contributed by atoms with Crippen molar-refractivity contribution < 1.29 is 4.74 Å². The van der Waals surface area contributed by atoms with Gasteiger partial charge in [0, 0.05) is 0 Å². The Bertz CT molecular complexity index is 636. The minimum absolute atomic E-state index is 0.300. The van der Waals surface area contributed by atoms with Crippen LogP contribution in [-0.4, -0.2) is 9.97 Å². The van der Waals surface area contributed by atoms with Crippen molar-refractivity contribution in [2.75, 3.05) is 5.73 Å². The third-order valence-corrected chi connectivity index (χ3v) is 3.05. The van der Waals surface area contributed by atoms with E-state index in [9.17, 15) is 0 Å². The summed E-state index contributed by atoms with van der Waals surface area (Å²) in [5, 5.41) is 8.86. The second-order valence-electron chi connectivity index (χ2n) is 3.57. The molecule has 0 aliphatic heterocycles. The Kier molecular flexibility index (Phi) is 3.44. The van der Waals surface area contributed by atoms with E-state index < -0.39 is 0 Å². The first-order chi connectivity index (χ1) is 8.61. The molecule has 6 heteroatoms. The van der Waals surface area contributed by atoms with Gasteiger partial charge >= 0.3 is 0 Å². The lowest BCUT2D eigenvalue weighted by Gasteiger charge is -2.09. The SMILES string of the molecule is Cc1ccc(C#N)cc1Oc1ncnc(N)c1Br. The molecule has 90 valence electrons. The third kappa shape index (κ3) is 2.41. The highest BCUT2D eigenvalue weighted by atomic mass is 79.9. The Labute approximate surface area is 112 Å². The van der Waals surface area contributed by atoms with Crippen LogP contribution in [0.2, 0.25) is 0 Å². The molecule has 2 rings (SSSR count). The second kappa shape index (κ2) is 5.02. The second-order valence-corrected chi connectivity index (χ2v) is 4.37. The molecule has 0 saturated heterocycles. The number of anilines is 1. The number of aryl methyl sites for hydroxylation is 1. The first kappa shape index (κ1) is 12.3. The van der Waals surface area contributed by atoms with Crippen LogP contribution in [0.3, 0.4) is 0 Å². The van der Waals surface area contributed by atoms with Crippen LogP contribution in [0.15, 0.2) is 29.0 Å². The molecule has 0 saturated carbocycles. The fraction of sp³-hybridized carbons (Fsp3) is 0.0833. The van der Waals surface area contributed by atoms with E-state index in [4.69, 9.17) is 15.7 Å². The predicted octanol–water partition coefficient (Wildman–Crippen LogP) is 2.79. The number of hydrogen-bond acceptors (Lipinski definition) is 5. The molecule has 0 atom stereocenters. The van der Waals surface area contributed by atoms with Gasteiger partial charge in [0.2, 0.25) is 5.88 Å². The van der Waals surface area contributed by atoms with E-state index >= 15 is 0 Å². The topological polar surface area (TPSA) is 84.8 Å². The van der Waals surface area contributed by atoms with E-state index in [1.165, 1.54) is 6.33 Å². The number of halogens is 1. The Morgan fingerprint density at radius 2 is 2.17 bits per heavy atom. The summed E-state index contributed by atoms with van der Waals surface area (Å²) < 4.78 is 6.13. The summed E-state index contributed by atoms with van der Waals surface area (Å²) >= 11 is 3.26. The lowest BCUT2D eigenvalue weighted by atomic mass is 10.1. The smallest absolute Gasteiger partial charge is 0.238 e. The summed E-state index contributed by atoms with van der Waals surface area (Å²) in [4.78, 5) is 7.81. The highest BCUT2D eigenvalue weighted by molar-refractivity contribution is 9.10. The fourth-order valence-electron chi connectivity index (χ4n) is 1.32. The Morgan fingerprint density at radius 1 is 1.39 bits per heavy atom. The van der Waals surface area contributed by atoms with E-state index in [0.717, 1.165) is 5.56 Å². The molecule has 1 aromatic carbocycles. The zero-order chi connectivity index (χ0) is 13.1. The lowest BCUT2D eigenvalue weighted by molar-refractivity contribution is 0.455. The molecule has 0 bridgehead atoms. The molecule has 0 spiro atoms. The van der Waals surface area contributed by atoms with E-state index in [-0.39, 0.29) is 0 Å². The van der Waals surface area contributed by atoms with Crippen LogP contribution in [0, 0.1) is 18.3 Å². The quantitative estimate of drug-likeness (QED) is 0.922. The molecular weight excluding hydrogens is 296 g/mol. The van der Waals surface area contributed by atoms with Crippen LogP contribution in [0.25, 0.3) is 0 Å². The fourth-order valence-corrected chi connectivity index (χ4v) is 1.61. The van der Waals surface area contributed by atoms with Gasteiger partial charge in [0.05, 0.1) is 11.6 Å². The number of aromatic nitrogens is 2. The Morgan fingerprint density at radius 3 is 2.89 bits per heavy atom. The molecule has 0 aliphatic rings. The van der Waals surface area contributed by atoms with Gasteiger partial charge in [0.25, 0.3) is 0 Å². The maximum Gasteiger partial charge on any atom is 0.238 e. The van der Waals surface area contributed by atoms with Crippen LogP contribution in [-0.2, 0) is 0 Å². The molecule has 2 aromatic rings. The van der Waals surface area contributed by atoms with Gasteiger partial charge in [-0.25, -0.2) is 9.97 Å². The lowest BCUT2D eigenvalue weighted by Crippen LogP contribution is -1.97. The van der Waals surface area contributed by atoms with Gasteiger partial charge < -0.3 is 10.5 Å². The van der Waals surface area contributed by atoms with Crippen molar-refractivity contribution in [1.82, 2.24) is 9.97 Å². The number of nitrogens with two attached hydrogens (primary N) is 1. The molecule has 2 N–H and O–H groups in total. The molecular formula is C12H9BrN4O. The van der Waals surface area contributed by atoms with E-state index in [0.29, 0.717) is 27.5 Å². The van der Waals surface area contributed by atoms with Gasteiger partial charge in [-0.1, -0.05) is 6.07 Å². The number of nitrogens with zero attached hydrogens (tertiary/aromatic N) is 3. The highest BCUT2D eigenvalue weighted by Crippen LogP contribution is 2.32. The van der Waals surface area contributed by atoms with Crippen molar-refractivity contribution in [1.29, 1.82) is 5.26 Å². The predicted molar refractivity (Wildman–Crippen MR) is 70.1 cm³/mol. The summed E-state index contributed by atoms with van der Waals surface area (Å²) in [7, 11) is 0. The summed E-state index contributed by atoms with van der Waals surface area (Å²) in [5.41, 5.74) is 7.06. The number of hydrogen-bond donors (Lipinski definition) is 1. The van der Waals surface area contributed by atoms with Crippen LogP contribution >= 0.6 is 15.9 Å². The van der Waals surface area contributed by atoms with Gasteiger partial charge in [-0.2, -0.15) is 5.26 Å².